The highest BCUT2D eigenvalue weighted by Gasteiger charge is 2.29. The molecule has 4 N–H and O–H groups in total. The Kier molecular flexibility index (Phi) is 6.75. The molecule has 7 nitrogen and oxygen atoms in total. The molecule has 2 atom stereocenters. The molecule has 1 saturated heterocycles. The molecule has 1 rings (SSSR count). The summed E-state index contributed by atoms with van der Waals surface area (Å²) in [7, 11) is 1.55. The van der Waals surface area contributed by atoms with Crippen molar-refractivity contribution in [3.8, 4) is 0 Å². The molecule has 0 saturated carbocycles. The Balaban J connectivity index is 2.25. The summed E-state index contributed by atoms with van der Waals surface area (Å²) >= 11 is 0. The molecule has 7 heteroatoms. The van der Waals surface area contributed by atoms with Gasteiger partial charge in [0.15, 0.2) is 0 Å². The lowest BCUT2D eigenvalue weighted by atomic mass is 10.1. The van der Waals surface area contributed by atoms with E-state index in [0.717, 1.165) is 13.0 Å². The Bertz CT molecular complexity index is 311. The van der Waals surface area contributed by atoms with Gasteiger partial charge in [0.25, 0.3) is 0 Å². The Hall–Kier alpha value is -1.18. The maximum Gasteiger partial charge on any atom is 0.321 e. The zero-order valence-corrected chi connectivity index (χ0v) is 11.6. The van der Waals surface area contributed by atoms with Crippen LogP contribution in [0.2, 0.25) is 0 Å². The number of carbonyl (C=O) groups is 2. The van der Waals surface area contributed by atoms with Crippen molar-refractivity contribution >= 4 is 11.9 Å². The Morgan fingerprint density at radius 1 is 1.47 bits per heavy atom. The van der Waals surface area contributed by atoms with Gasteiger partial charge in [0.2, 0.25) is 5.91 Å². The van der Waals surface area contributed by atoms with Crippen LogP contribution in [0.1, 0.15) is 13.3 Å². The molecule has 19 heavy (non-hydrogen) atoms. The third kappa shape index (κ3) is 5.54. The van der Waals surface area contributed by atoms with Crippen molar-refractivity contribution in [2.75, 3.05) is 39.9 Å². The Labute approximate surface area is 113 Å². The normalized spacial score (nSPS) is 23.3. The van der Waals surface area contributed by atoms with Gasteiger partial charge in [0.1, 0.15) is 0 Å². The molecule has 1 fully saturated rings. The summed E-state index contributed by atoms with van der Waals surface area (Å²) in [6, 6.07) is -0.153. The predicted octanol–water partition coefficient (Wildman–Crippen LogP) is -0.872. The smallest absolute Gasteiger partial charge is 0.321 e. The standard InChI is InChI=1S/C12H24N4O3/c1-9-5-10(6-13)7-16(9)8-11(17)15-12(18)14-3-4-19-2/h9-10H,3-8,13H2,1-2H3,(H2,14,15,17,18). The number of carbonyl (C=O) groups excluding carboxylic acids is 2. The molecule has 0 spiro atoms. The van der Waals surface area contributed by atoms with E-state index in [2.05, 4.69) is 22.5 Å². The van der Waals surface area contributed by atoms with Crippen LogP contribution in [0.25, 0.3) is 0 Å². The van der Waals surface area contributed by atoms with E-state index in [1.54, 1.807) is 7.11 Å². The van der Waals surface area contributed by atoms with Gasteiger partial charge >= 0.3 is 6.03 Å². The highest BCUT2D eigenvalue weighted by Crippen LogP contribution is 2.21. The van der Waals surface area contributed by atoms with E-state index in [0.29, 0.717) is 31.7 Å². The van der Waals surface area contributed by atoms with Crippen molar-refractivity contribution in [3.63, 3.8) is 0 Å². The minimum absolute atomic E-state index is 0.232. The molecule has 110 valence electrons. The molecule has 1 aliphatic rings. The lowest BCUT2D eigenvalue weighted by molar-refractivity contribution is -0.121. The highest BCUT2D eigenvalue weighted by atomic mass is 16.5. The highest BCUT2D eigenvalue weighted by molar-refractivity contribution is 5.95. The van der Waals surface area contributed by atoms with Crippen molar-refractivity contribution in [2.45, 2.75) is 19.4 Å². The SMILES string of the molecule is COCCNC(=O)NC(=O)CN1CC(CN)CC1C. The van der Waals surface area contributed by atoms with E-state index in [1.165, 1.54) is 0 Å². The fourth-order valence-electron chi connectivity index (χ4n) is 2.27. The number of hydrogen-bond acceptors (Lipinski definition) is 5. The molecule has 0 aromatic carbocycles. The molecule has 0 aliphatic carbocycles. The van der Waals surface area contributed by atoms with Crippen molar-refractivity contribution in [1.82, 2.24) is 15.5 Å². The van der Waals surface area contributed by atoms with Gasteiger partial charge in [-0.2, -0.15) is 0 Å². The second-order valence-electron chi connectivity index (χ2n) is 4.91. The number of nitrogens with one attached hydrogen (secondary N) is 2. The summed E-state index contributed by atoms with van der Waals surface area (Å²) in [4.78, 5) is 25.1. The van der Waals surface area contributed by atoms with Crippen LogP contribution in [0.5, 0.6) is 0 Å². The summed E-state index contributed by atoms with van der Waals surface area (Å²) < 4.78 is 4.80. The van der Waals surface area contributed by atoms with Crippen LogP contribution in [0.3, 0.4) is 0 Å². The van der Waals surface area contributed by atoms with Crippen molar-refractivity contribution in [2.24, 2.45) is 11.7 Å². The number of methoxy groups -OCH3 is 1. The van der Waals surface area contributed by atoms with E-state index in [4.69, 9.17) is 10.5 Å². The number of nitrogens with two attached hydrogens (primary N) is 1. The molecule has 1 heterocycles. The van der Waals surface area contributed by atoms with Gasteiger partial charge < -0.3 is 15.8 Å². The number of hydrogen-bond donors (Lipinski definition) is 3. The fraction of sp³-hybridized carbons (Fsp3) is 0.833. The molecular weight excluding hydrogens is 248 g/mol. The molecule has 0 aromatic rings. The molecule has 3 amide bonds. The van der Waals surface area contributed by atoms with Gasteiger partial charge in [-0.1, -0.05) is 0 Å². The van der Waals surface area contributed by atoms with Crippen LogP contribution in [0.4, 0.5) is 4.79 Å². The maximum absolute atomic E-state index is 11.7. The van der Waals surface area contributed by atoms with Crippen LogP contribution in [0.15, 0.2) is 0 Å². The van der Waals surface area contributed by atoms with Crippen molar-refractivity contribution < 1.29 is 14.3 Å². The first-order chi connectivity index (χ1) is 9.06. The lowest BCUT2D eigenvalue weighted by Crippen LogP contribution is -2.46. The molecular formula is C12H24N4O3. The van der Waals surface area contributed by atoms with Crippen molar-refractivity contribution in [1.29, 1.82) is 0 Å². The molecule has 2 unspecified atom stereocenters. The average Bonchev–Trinajstić information content (AvgIpc) is 2.70. The van der Waals surface area contributed by atoms with Crippen molar-refractivity contribution in [3.05, 3.63) is 0 Å². The summed E-state index contributed by atoms with van der Waals surface area (Å²) in [5.41, 5.74) is 5.63. The minimum Gasteiger partial charge on any atom is -0.383 e. The Morgan fingerprint density at radius 2 is 2.21 bits per heavy atom. The molecule has 0 bridgehead atoms. The number of nitrogens with zero attached hydrogens (tertiary/aromatic N) is 1. The number of ether oxygens (including phenoxy) is 1. The summed E-state index contributed by atoms with van der Waals surface area (Å²) in [6.07, 6.45) is 1.00. The number of likely N-dealkylation sites (tertiary alicyclic amines) is 1. The van der Waals surface area contributed by atoms with Gasteiger partial charge in [0, 0.05) is 26.2 Å². The third-order valence-corrected chi connectivity index (χ3v) is 3.32. The number of imide groups is 1. The first-order valence-electron chi connectivity index (χ1n) is 6.57. The summed E-state index contributed by atoms with van der Waals surface area (Å²) in [5, 5.41) is 4.84. The van der Waals surface area contributed by atoms with Gasteiger partial charge in [-0.05, 0) is 25.8 Å². The molecule has 1 aliphatic heterocycles. The molecule has 0 aromatic heterocycles. The Morgan fingerprint density at radius 3 is 2.79 bits per heavy atom. The van der Waals surface area contributed by atoms with Gasteiger partial charge in [-0.25, -0.2) is 4.79 Å². The van der Waals surface area contributed by atoms with E-state index >= 15 is 0 Å². The van der Waals surface area contributed by atoms with Crippen LogP contribution in [-0.4, -0.2) is 62.8 Å². The average molecular weight is 272 g/mol. The van der Waals surface area contributed by atoms with Crippen LogP contribution in [0, 0.1) is 5.92 Å². The van der Waals surface area contributed by atoms with E-state index in [-0.39, 0.29) is 12.5 Å². The van der Waals surface area contributed by atoms with E-state index < -0.39 is 6.03 Å². The fourth-order valence-corrected chi connectivity index (χ4v) is 2.27. The van der Waals surface area contributed by atoms with Crippen LogP contribution >= 0.6 is 0 Å². The third-order valence-electron chi connectivity index (χ3n) is 3.32. The molecule has 0 radical (unpaired) electrons. The topological polar surface area (TPSA) is 96.7 Å². The predicted molar refractivity (Wildman–Crippen MR) is 71.6 cm³/mol. The lowest BCUT2D eigenvalue weighted by Gasteiger charge is -2.19. The zero-order valence-electron chi connectivity index (χ0n) is 11.6. The van der Waals surface area contributed by atoms with E-state index in [1.807, 2.05) is 0 Å². The largest absolute Gasteiger partial charge is 0.383 e. The number of urea groups is 1. The summed E-state index contributed by atoms with van der Waals surface area (Å²) in [6.45, 7) is 4.56. The number of rotatable bonds is 6. The van der Waals surface area contributed by atoms with E-state index in [9.17, 15) is 9.59 Å². The maximum atomic E-state index is 11.7. The zero-order chi connectivity index (χ0) is 14.3. The van der Waals surface area contributed by atoms with Gasteiger partial charge in [-0.3, -0.25) is 15.0 Å². The monoisotopic (exact) mass is 272 g/mol. The quantitative estimate of drug-likeness (QED) is 0.546. The van der Waals surface area contributed by atoms with Gasteiger partial charge in [0.05, 0.1) is 13.2 Å². The van der Waals surface area contributed by atoms with Crippen LogP contribution < -0.4 is 16.4 Å². The first-order valence-corrected chi connectivity index (χ1v) is 6.57. The second kappa shape index (κ2) is 8.08. The van der Waals surface area contributed by atoms with Crippen LogP contribution in [-0.2, 0) is 9.53 Å². The first kappa shape index (κ1) is 15.9. The second-order valence-corrected chi connectivity index (χ2v) is 4.91. The minimum atomic E-state index is -0.482. The summed E-state index contributed by atoms with van der Waals surface area (Å²) in [5.74, 6) is 0.151. The number of amides is 3. The van der Waals surface area contributed by atoms with Gasteiger partial charge in [-0.15, -0.1) is 0 Å².